The molecular formula is C27H21Cl3N4O5S. The average molecular weight is 620 g/mol. The molecule has 2 N–H and O–H groups in total. The number of sulfonamides is 1. The van der Waals surface area contributed by atoms with Gasteiger partial charge < -0.3 is 9.73 Å². The lowest BCUT2D eigenvalue weighted by molar-refractivity contribution is -0.136. The van der Waals surface area contributed by atoms with Crippen LogP contribution in [0, 0.1) is 0 Å². The van der Waals surface area contributed by atoms with Crippen LogP contribution in [-0.2, 0) is 32.7 Å². The predicted molar refractivity (Wildman–Crippen MR) is 154 cm³/mol. The van der Waals surface area contributed by atoms with Crippen molar-refractivity contribution >= 4 is 68.5 Å². The van der Waals surface area contributed by atoms with Gasteiger partial charge in [0.25, 0.3) is 0 Å². The molecule has 1 heterocycles. The van der Waals surface area contributed by atoms with E-state index in [-0.39, 0.29) is 34.5 Å². The van der Waals surface area contributed by atoms with E-state index in [0.29, 0.717) is 21.4 Å². The Balaban J connectivity index is 1.45. The Hall–Kier alpha value is -3.67. The third-order valence-corrected chi connectivity index (χ3v) is 8.06. The van der Waals surface area contributed by atoms with Crippen LogP contribution < -0.4 is 10.7 Å². The van der Waals surface area contributed by atoms with E-state index in [1.165, 1.54) is 34.8 Å². The Bertz CT molecular complexity index is 1640. The second-order valence-electron chi connectivity index (χ2n) is 8.29. The molecule has 0 unspecified atom stereocenters. The average Bonchev–Trinajstić information content (AvgIpc) is 3.38. The number of carbonyl (C=O) groups excluding carboxylic acids is 2. The van der Waals surface area contributed by atoms with Crippen molar-refractivity contribution in [3.8, 4) is 0 Å². The molecule has 0 bridgehead atoms. The van der Waals surface area contributed by atoms with Crippen LogP contribution in [0.5, 0.6) is 0 Å². The normalized spacial score (nSPS) is 11.6. The van der Waals surface area contributed by atoms with Gasteiger partial charge in [0.2, 0.25) is 10.0 Å². The Labute approximate surface area is 245 Å². The fraction of sp³-hybridized carbons (Fsp3) is 0.0741. The summed E-state index contributed by atoms with van der Waals surface area (Å²) in [4.78, 5) is 24.2. The summed E-state index contributed by atoms with van der Waals surface area (Å²) in [6, 6.07) is 22.3. The molecule has 0 fully saturated rings. The van der Waals surface area contributed by atoms with Crippen molar-refractivity contribution in [3.05, 3.63) is 117 Å². The summed E-state index contributed by atoms with van der Waals surface area (Å²) in [7, 11) is -3.94. The van der Waals surface area contributed by atoms with Gasteiger partial charge in [-0.15, -0.1) is 0 Å². The summed E-state index contributed by atoms with van der Waals surface area (Å²) < 4.78 is 33.9. The lowest BCUT2D eigenvalue weighted by Gasteiger charge is -2.21. The minimum absolute atomic E-state index is 0.0445. The van der Waals surface area contributed by atoms with Gasteiger partial charge in [0, 0.05) is 16.6 Å². The van der Waals surface area contributed by atoms with Crippen LogP contribution in [0.15, 0.2) is 99.3 Å². The fourth-order valence-electron chi connectivity index (χ4n) is 3.44. The van der Waals surface area contributed by atoms with Gasteiger partial charge >= 0.3 is 11.8 Å². The summed E-state index contributed by atoms with van der Waals surface area (Å²) in [5.41, 5.74) is 3.09. The molecule has 13 heteroatoms. The number of halogens is 3. The van der Waals surface area contributed by atoms with Crippen molar-refractivity contribution in [2.24, 2.45) is 5.10 Å². The molecule has 206 valence electrons. The SMILES string of the molecule is O=C(N/N=C/c1ccc(CN(Cc2ccc(Cl)cc2)S(=O)(=O)c2ccc(Cl)cc2)o1)C(=O)Nc1ccccc1Cl. The zero-order valence-electron chi connectivity index (χ0n) is 20.6. The van der Waals surface area contributed by atoms with Gasteiger partial charge in [0.15, 0.2) is 0 Å². The number of hydrogen-bond acceptors (Lipinski definition) is 6. The molecule has 3 aromatic carbocycles. The Morgan fingerprint density at radius 3 is 2.15 bits per heavy atom. The van der Waals surface area contributed by atoms with E-state index in [0.717, 1.165) is 0 Å². The first-order valence-electron chi connectivity index (χ1n) is 11.6. The maximum atomic E-state index is 13.5. The van der Waals surface area contributed by atoms with Crippen LogP contribution in [0.25, 0.3) is 0 Å². The molecule has 0 atom stereocenters. The maximum absolute atomic E-state index is 13.5. The molecule has 0 saturated heterocycles. The van der Waals surface area contributed by atoms with Gasteiger partial charge in [-0.25, -0.2) is 13.8 Å². The van der Waals surface area contributed by atoms with Gasteiger partial charge in [0.05, 0.1) is 28.4 Å². The van der Waals surface area contributed by atoms with Crippen LogP contribution in [0.3, 0.4) is 0 Å². The van der Waals surface area contributed by atoms with E-state index >= 15 is 0 Å². The van der Waals surface area contributed by atoms with Crippen molar-refractivity contribution in [3.63, 3.8) is 0 Å². The van der Waals surface area contributed by atoms with Crippen LogP contribution in [-0.4, -0.2) is 30.8 Å². The molecule has 0 aliphatic heterocycles. The highest BCUT2D eigenvalue weighted by atomic mass is 35.5. The lowest BCUT2D eigenvalue weighted by Crippen LogP contribution is -2.32. The maximum Gasteiger partial charge on any atom is 0.329 e. The second kappa shape index (κ2) is 13.1. The fourth-order valence-corrected chi connectivity index (χ4v) is 5.27. The number of furan rings is 1. The number of nitrogens with one attached hydrogen (secondary N) is 2. The number of amides is 2. The smallest absolute Gasteiger partial charge is 0.329 e. The van der Waals surface area contributed by atoms with Crippen molar-refractivity contribution in [2.45, 2.75) is 18.0 Å². The summed E-state index contributed by atoms with van der Waals surface area (Å²) in [6.07, 6.45) is 1.18. The third-order valence-electron chi connectivity index (χ3n) is 5.42. The topological polar surface area (TPSA) is 121 Å². The summed E-state index contributed by atoms with van der Waals surface area (Å²) >= 11 is 17.9. The van der Waals surface area contributed by atoms with Crippen molar-refractivity contribution in [1.82, 2.24) is 9.73 Å². The van der Waals surface area contributed by atoms with Gasteiger partial charge in [0.1, 0.15) is 11.5 Å². The van der Waals surface area contributed by atoms with E-state index in [2.05, 4.69) is 15.8 Å². The number of carbonyl (C=O) groups is 2. The molecule has 0 aliphatic rings. The monoisotopic (exact) mass is 618 g/mol. The van der Waals surface area contributed by atoms with Gasteiger partial charge in [-0.3, -0.25) is 9.59 Å². The number of rotatable bonds is 9. The molecule has 4 aromatic rings. The summed E-state index contributed by atoms with van der Waals surface area (Å²) in [5.74, 6) is -1.45. The van der Waals surface area contributed by atoms with Crippen LogP contribution in [0.1, 0.15) is 17.1 Å². The number of benzene rings is 3. The minimum atomic E-state index is -3.94. The molecule has 0 saturated carbocycles. The van der Waals surface area contributed by atoms with E-state index in [9.17, 15) is 18.0 Å². The molecule has 0 aliphatic carbocycles. The number of para-hydroxylation sites is 1. The molecule has 0 radical (unpaired) electrons. The highest BCUT2D eigenvalue weighted by Crippen LogP contribution is 2.24. The molecule has 9 nitrogen and oxygen atoms in total. The van der Waals surface area contributed by atoms with Crippen molar-refractivity contribution in [2.75, 3.05) is 5.32 Å². The number of hydrazone groups is 1. The first-order chi connectivity index (χ1) is 19.1. The van der Waals surface area contributed by atoms with Gasteiger partial charge in [-0.1, -0.05) is 59.1 Å². The molecular weight excluding hydrogens is 599 g/mol. The van der Waals surface area contributed by atoms with E-state index in [1.54, 1.807) is 60.7 Å². The molecule has 0 spiro atoms. The number of nitrogens with zero attached hydrogens (tertiary/aromatic N) is 2. The van der Waals surface area contributed by atoms with E-state index in [4.69, 9.17) is 39.2 Å². The first-order valence-corrected chi connectivity index (χ1v) is 14.2. The Morgan fingerprint density at radius 1 is 0.825 bits per heavy atom. The van der Waals surface area contributed by atoms with Crippen molar-refractivity contribution in [1.29, 1.82) is 0 Å². The second-order valence-corrected chi connectivity index (χ2v) is 11.5. The lowest BCUT2D eigenvalue weighted by atomic mass is 10.2. The minimum Gasteiger partial charge on any atom is -0.459 e. The van der Waals surface area contributed by atoms with Crippen LogP contribution >= 0.6 is 34.8 Å². The number of hydrogen-bond donors (Lipinski definition) is 2. The molecule has 1 aromatic heterocycles. The molecule has 40 heavy (non-hydrogen) atoms. The third kappa shape index (κ3) is 7.71. The highest BCUT2D eigenvalue weighted by molar-refractivity contribution is 7.89. The van der Waals surface area contributed by atoms with Crippen LogP contribution in [0.2, 0.25) is 15.1 Å². The quantitative estimate of drug-likeness (QED) is 0.141. The van der Waals surface area contributed by atoms with Crippen molar-refractivity contribution < 1.29 is 22.4 Å². The standard InChI is InChI=1S/C27H21Cl3N4O5S/c28-19-7-5-18(6-8-19)16-34(40(37,38)23-13-9-20(29)10-14-23)17-22-12-11-21(39-22)15-31-33-27(36)26(35)32-25-4-2-1-3-24(25)30/h1-15H,16-17H2,(H,32,35)(H,33,36)/b31-15+. The highest BCUT2D eigenvalue weighted by Gasteiger charge is 2.26. The molecule has 2 amide bonds. The largest absolute Gasteiger partial charge is 0.459 e. The molecule has 4 rings (SSSR count). The van der Waals surface area contributed by atoms with Gasteiger partial charge in [-0.05, 0) is 66.2 Å². The number of anilines is 1. The summed E-state index contributed by atoms with van der Waals surface area (Å²) in [6.45, 7) is -0.0587. The summed E-state index contributed by atoms with van der Waals surface area (Å²) in [5, 5.41) is 7.32. The predicted octanol–water partition coefficient (Wildman–Crippen LogP) is 5.72. The van der Waals surface area contributed by atoms with Gasteiger partial charge in [-0.2, -0.15) is 9.41 Å². The zero-order chi connectivity index (χ0) is 28.7. The Kier molecular flexibility index (Phi) is 9.62. The first kappa shape index (κ1) is 29.3. The zero-order valence-corrected chi connectivity index (χ0v) is 23.6. The van der Waals surface area contributed by atoms with E-state index < -0.39 is 21.8 Å². The van der Waals surface area contributed by atoms with E-state index in [1.807, 2.05) is 0 Å². The van der Waals surface area contributed by atoms with Crippen LogP contribution in [0.4, 0.5) is 5.69 Å². The Morgan fingerprint density at radius 2 is 1.48 bits per heavy atom.